The Bertz CT molecular complexity index is 998. The van der Waals surface area contributed by atoms with Crippen LogP contribution in [0.5, 0.6) is 0 Å². The van der Waals surface area contributed by atoms with Crippen LogP contribution in [0.2, 0.25) is 0 Å². The van der Waals surface area contributed by atoms with Gasteiger partial charge in [-0.3, -0.25) is 4.79 Å². The third kappa shape index (κ3) is 2.39. The van der Waals surface area contributed by atoms with Crippen LogP contribution in [0.4, 0.5) is 5.69 Å². The van der Waals surface area contributed by atoms with Crippen molar-refractivity contribution in [2.75, 3.05) is 5.32 Å². The van der Waals surface area contributed by atoms with Crippen molar-refractivity contribution in [1.82, 2.24) is 0 Å². The molecule has 2 aromatic carbocycles. The molecular formula is C21H17N3O. The quantitative estimate of drug-likeness (QED) is 0.875. The molecule has 0 spiro atoms. The lowest BCUT2D eigenvalue weighted by atomic mass is 9.83. The van der Waals surface area contributed by atoms with Gasteiger partial charge in [0, 0.05) is 33.6 Å². The zero-order valence-electron chi connectivity index (χ0n) is 13.8. The van der Waals surface area contributed by atoms with E-state index in [9.17, 15) is 15.3 Å². The standard InChI is InChI=1S/C21H17N3O/c22-11-17-14-9-10-19(24-13-5-2-1-3-6-13)15-7-4-8-16(20(14)15)21(25)18(17)12-23/h4,7-10,13,24H,1-3,5-6H2. The summed E-state index contributed by atoms with van der Waals surface area (Å²) in [7, 11) is 0. The molecule has 0 bridgehead atoms. The molecule has 0 amide bonds. The number of carbonyl (C=O) groups is 1. The molecule has 4 rings (SSSR count). The number of ketones is 1. The molecule has 0 atom stereocenters. The Labute approximate surface area is 146 Å². The van der Waals surface area contributed by atoms with Crippen LogP contribution < -0.4 is 5.32 Å². The van der Waals surface area contributed by atoms with Crippen LogP contribution in [0.3, 0.4) is 0 Å². The number of carbonyl (C=O) groups excluding carboxylic acids is 1. The lowest BCUT2D eigenvalue weighted by Gasteiger charge is -2.26. The van der Waals surface area contributed by atoms with Crippen LogP contribution in [0, 0.1) is 22.7 Å². The van der Waals surface area contributed by atoms with Gasteiger partial charge in [-0.05, 0) is 18.9 Å². The normalized spacial score (nSPS) is 17.3. The van der Waals surface area contributed by atoms with E-state index < -0.39 is 0 Å². The second-order valence-electron chi connectivity index (χ2n) is 6.67. The number of Topliss-reactive ketones (excluding diaryl/α,β-unsaturated/α-hetero) is 1. The number of anilines is 1. The first-order chi connectivity index (χ1) is 12.2. The lowest BCUT2D eigenvalue weighted by molar-refractivity contribution is 0.104. The molecule has 0 heterocycles. The predicted molar refractivity (Wildman–Crippen MR) is 96.9 cm³/mol. The Kier molecular flexibility index (Phi) is 3.75. The highest BCUT2D eigenvalue weighted by Crippen LogP contribution is 2.39. The van der Waals surface area contributed by atoms with Crippen molar-refractivity contribution in [2.24, 2.45) is 0 Å². The molecule has 0 radical (unpaired) electrons. The van der Waals surface area contributed by atoms with E-state index >= 15 is 0 Å². The summed E-state index contributed by atoms with van der Waals surface area (Å²) in [4.78, 5) is 12.7. The van der Waals surface area contributed by atoms with E-state index in [-0.39, 0.29) is 16.9 Å². The molecule has 4 nitrogen and oxygen atoms in total. The lowest BCUT2D eigenvalue weighted by Crippen LogP contribution is -2.22. The molecule has 0 saturated heterocycles. The molecule has 4 heteroatoms. The van der Waals surface area contributed by atoms with E-state index in [0.29, 0.717) is 17.2 Å². The number of nitriles is 2. The number of allylic oxidation sites excluding steroid dienone is 2. The molecular weight excluding hydrogens is 310 g/mol. The summed E-state index contributed by atoms with van der Waals surface area (Å²) in [6.45, 7) is 0. The van der Waals surface area contributed by atoms with Gasteiger partial charge in [0.15, 0.2) is 0 Å². The first-order valence-electron chi connectivity index (χ1n) is 8.66. The average Bonchev–Trinajstić information content (AvgIpc) is 2.66. The predicted octanol–water partition coefficient (Wildman–Crippen LogP) is 4.58. The first-order valence-corrected chi connectivity index (χ1v) is 8.66. The highest BCUT2D eigenvalue weighted by Gasteiger charge is 2.28. The largest absolute Gasteiger partial charge is 0.382 e. The van der Waals surface area contributed by atoms with E-state index in [2.05, 4.69) is 11.4 Å². The Morgan fingerprint density at radius 2 is 1.68 bits per heavy atom. The summed E-state index contributed by atoms with van der Waals surface area (Å²) in [6, 6.07) is 13.8. The molecule has 1 fully saturated rings. The number of nitrogens with zero attached hydrogens (tertiary/aromatic N) is 2. The summed E-state index contributed by atoms with van der Waals surface area (Å²) >= 11 is 0. The van der Waals surface area contributed by atoms with Crippen molar-refractivity contribution in [3.8, 4) is 12.1 Å². The number of rotatable bonds is 2. The zero-order valence-corrected chi connectivity index (χ0v) is 13.8. The minimum absolute atomic E-state index is 0.0597. The number of benzene rings is 2. The van der Waals surface area contributed by atoms with Gasteiger partial charge in [-0.1, -0.05) is 43.5 Å². The van der Waals surface area contributed by atoms with E-state index in [1.807, 2.05) is 30.3 Å². The van der Waals surface area contributed by atoms with E-state index in [4.69, 9.17) is 0 Å². The van der Waals surface area contributed by atoms with Gasteiger partial charge >= 0.3 is 0 Å². The highest BCUT2D eigenvalue weighted by molar-refractivity contribution is 6.29. The molecule has 0 aromatic heterocycles. The van der Waals surface area contributed by atoms with Crippen LogP contribution in [-0.4, -0.2) is 11.8 Å². The molecule has 0 unspecified atom stereocenters. The summed E-state index contributed by atoms with van der Waals surface area (Å²) in [5, 5.41) is 24.2. The van der Waals surface area contributed by atoms with Crippen LogP contribution in [0.1, 0.15) is 48.0 Å². The minimum Gasteiger partial charge on any atom is -0.382 e. The van der Waals surface area contributed by atoms with Crippen molar-refractivity contribution < 1.29 is 4.79 Å². The van der Waals surface area contributed by atoms with Crippen LogP contribution in [0.15, 0.2) is 35.9 Å². The van der Waals surface area contributed by atoms with Gasteiger partial charge in [-0.15, -0.1) is 0 Å². The van der Waals surface area contributed by atoms with Gasteiger partial charge in [0.05, 0.1) is 5.57 Å². The molecule has 0 aliphatic heterocycles. The maximum Gasteiger partial charge on any atom is 0.205 e. The monoisotopic (exact) mass is 327 g/mol. The van der Waals surface area contributed by atoms with Crippen LogP contribution in [-0.2, 0) is 0 Å². The van der Waals surface area contributed by atoms with E-state index in [1.165, 1.54) is 19.3 Å². The molecule has 25 heavy (non-hydrogen) atoms. The molecule has 1 N–H and O–H groups in total. The van der Waals surface area contributed by atoms with Gasteiger partial charge < -0.3 is 5.32 Å². The van der Waals surface area contributed by atoms with Gasteiger partial charge in [-0.25, -0.2) is 0 Å². The third-order valence-corrected chi connectivity index (χ3v) is 5.22. The fraction of sp³-hybridized carbons (Fsp3) is 0.286. The van der Waals surface area contributed by atoms with Crippen molar-refractivity contribution in [3.63, 3.8) is 0 Å². The van der Waals surface area contributed by atoms with Crippen molar-refractivity contribution in [3.05, 3.63) is 47.0 Å². The second kappa shape index (κ2) is 6.07. The number of nitrogens with one attached hydrogen (secondary N) is 1. The topological polar surface area (TPSA) is 76.7 Å². The van der Waals surface area contributed by atoms with Crippen LogP contribution in [0.25, 0.3) is 16.3 Å². The summed E-state index contributed by atoms with van der Waals surface area (Å²) in [5.41, 5.74) is 2.31. The van der Waals surface area contributed by atoms with E-state index in [0.717, 1.165) is 29.3 Å². The molecule has 2 aliphatic rings. The number of hydrogen-bond donors (Lipinski definition) is 1. The third-order valence-electron chi connectivity index (χ3n) is 5.22. The Balaban J connectivity index is 1.90. The first kappa shape index (κ1) is 15.4. The van der Waals surface area contributed by atoms with Gasteiger partial charge in [0.2, 0.25) is 5.78 Å². The fourth-order valence-corrected chi connectivity index (χ4v) is 4.00. The van der Waals surface area contributed by atoms with Crippen molar-refractivity contribution in [1.29, 1.82) is 10.5 Å². The Morgan fingerprint density at radius 3 is 2.40 bits per heavy atom. The summed E-state index contributed by atoms with van der Waals surface area (Å²) in [6.07, 6.45) is 6.09. The van der Waals surface area contributed by atoms with Crippen molar-refractivity contribution in [2.45, 2.75) is 38.1 Å². The van der Waals surface area contributed by atoms with Crippen LogP contribution >= 0.6 is 0 Å². The molecule has 2 aliphatic carbocycles. The molecule has 1 saturated carbocycles. The van der Waals surface area contributed by atoms with Gasteiger partial charge in [0.1, 0.15) is 17.7 Å². The highest BCUT2D eigenvalue weighted by atomic mass is 16.1. The average molecular weight is 327 g/mol. The molecule has 2 aromatic rings. The van der Waals surface area contributed by atoms with Crippen molar-refractivity contribution >= 4 is 27.8 Å². The summed E-state index contributed by atoms with van der Waals surface area (Å²) in [5.74, 6) is -0.355. The molecule has 122 valence electrons. The van der Waals surface area contributed by atoms with Gasteiger partial charge in [-0.2, -0.15) is 10.5 Å². The minimum atomic E-state index is -0.355. The second-order valence-corrected chi connectivity index (χ2v) is 6.67. The van der Waals surface area contributed by atoms with E-state index in [1.54, 1.807) is 6.07 Å². The summed E-state index contributed by atoms with van der Waals surface area (Å²) < 4.78 is 0. The van der Waals surface area contributed by atoms with Gasteiger partial charge in [0.25, 0.3) is 0 Å². The Hall–Kier alpha value is -3.11. The maximum absolute atomic E-state index is 12.7. The Morgan fingerprint density at radius 1 is 0.920 bits per heavy atom. The number of hydrogen-bond acceptors (Lipinski definition) is 4. The smallest absolute Gasteiger partial charge is 0.205 e. The zero-order chi connectivity index (χ0) is 17.4. The maximum atomic E-state index is 12.7. The fourth-order valence-electron chi connectivity index (χ4n) is 4.00. The SMILES string of the molecule is N#CC1=C(C#N)c2ccc(NC3CCCCC3)c3cccc(c23)C1=O.